The molecule has 2 aromatic carbocycles. The summed E-state index contributed by atoms with van der Waals surface area (Å²) < 4.78 is 0. The molecule has 4 amide bonds. The largest absolute Gasteiger partial charge is 0.507 e. The lowest BCUT2D eigenvalue weighted by Gasteiger charge is -2.22. The minimum Gasteiger partial charge on any atom is -0.507 e. The SMILES string of the molecule is CCCCCc1cccc(O)c1C(=O)NNC(=O)C(CC)CC(CCCCC)C(=O)NNC(=O)c1c(O)cccc1CCCCC. The smallest absolute Gasteiger partial charge is 0.273 e. The molecule has 6 N–H and O–H groups in total. The molecule has 46 heavy (non-hydrogen) atoms. The molecule has 10 heteroatoms. The van der Waals surface area contributed by atoms with Crippen molar-refractivity contribution < 1.29 is 29.4 Å². The number of amides is 4. The highest BCUT2D eigenvalue weighted by Crippen LogP contribution is 2.25. The van der Waals surface area contributed by atoms with Crippen molar-refractivity contribution in [1.82, 2.24) is 21.7 Å². The zero-order valence-electron chi connectivity index (χ0n) is 28.0. The molecule has 0 spiro atoms. The summed E-state index contributed by atoms with van der Waals surface area (Å²) in [6.07, 6.45) is 10.8. The molecule has 2 rings (SSSR count). The van der Waals surface area contributed by atoms with Crippen LogP contribution in [0.1, 0.15) is 137 Å². The Labute approximate surface area is 274 Å². The Hall–Kier alpha value is -4.08. The molecule has 254 valence electrons. The first-order chi connectivity index (χ1) is 22.2. The number of phenolic OH excluding ortho intramolecular Hbond substituents is 2. The van der Waals surface area contributed by atoms with Crippen LogP contribution in [0.3, 0.4) is 0 Å². The third kappa shape index (κ3) is 12.0. The van der Waals surface area contributed by atoms with Gasteiger partial charge in [0.25, 0.3) is 11.8 Å². The predicted octanol–water partition coefficient (Wildman–Crippen LogP) is 6.40. The normalized spacial score (nSPS) is 12.2. The van der Waals surface area contributed by atoms with E-state index in [0.29, 0.717) is 36.8 Å². The second-order valence-corrected chi connectivity index (χ2v) is 12.0. The van der Waals surface area contributed by atoms with E-state index in [0.717, 1.165) is 57.8 Å². The number of aryl methyl sites for hydroxylation is 2. The molecule has 0 aliphatic heterocycles. The third-order valence-corrected chi connectivity index (χ3v) is 8.37. The van der Waals surface area contributed by atoms with Crippen LogP contribution in [0.5, 0.6) is 11.5 Å². The molecule has 0 bridgehead atoms. The zero-order chi connectivity index (χ0) is 33.9. The number of aromatic hydroxyl groups is 2. The van der Waals surface area contributed by atoms with Crippen molar-refractivity contribution in [2.24, 2.45) is 11.8 Å². The maximum atomic E-state index is 13.3. The minimum absolute atomic E-state index is 0.137. The number of nitrogens with one attached hydrogen (secondary N) is 4. The Morgan fingerprint density at radius 1 is 0.587 bits per heavy atom. The number of carbonyl (C=O) groups is 4. The summed E-state index contributed by atoms with van der Waals surface area (Å²) >= 11 is 0. The zero-order valence-corrected chi connectivity index (χ0v) is 28.0. The molecular weight excluding hydrogens is 584 g/mol. The molecule has 10 nitrogen and oxygen atoms in total. The van der Waals surface area contributed by atoms with E-state index in [2.05, 4.69) is 42.5 Å². The second-order valence-electron chi connectivity index (χ2n) is 12.0. The van der Waals surface area contributed by atoms with Crippen LogP contribution in [0.15, 0.2) is 36.4 Å². The molecule has 0 aliphatic rings. The van der Waals surface area contributed by atoms with Gasteiger partial charge in [0.1, 0.15) is 11.5 Å². The molecule has 0 aromatic heterocycles. The van der Waals surface area contributed by atoms with Crippen molar-refractivity contribution in [3.05, 3.63) is 58.7 Å². The summed E-state index contributed by atoms with van der Waals surface area (Å²) in [5, 5.41) is 20.8. The van der Waals surface area contributed by atoms with E-state index in [4.69, 9.17) is 0 Å². The Morgan fingerprint density at radius 3 is 1.46 bits per heavy atom. The number of hydrazine groups is 2. The van der Waals surface area contributed by atoms with Gasteiger partial charge in [-0.15, -0.1) is 0 Å². The van der Waals surface area contributed by atoms with Gasteiger partial charge in [-0.1, -0.05) is 96.9 Å². The van der Waals surface area contributed by atoms with E-state index in [1.54, 1.807) is 24.3 Å². The van der Waals surface area contributed by atoms with Crippen molar-refractivity contribution >= 4 is 23.6 Å². The van der Waals surface area contributed by atoms with Crippen molar-refractivity contribution in [2.75, 3.05) is 0 Å². The molecule has 0 aliphatic carbocycles. The lowest BCUT2D eigenvalue weighted by molar-refractivity contribution is -0.129. The van der Waals surface area contributed by atoms with Gasteiger partial charge in [0.05, 0.1) is 11.1 Å². The van der Waals surface area contributed by atoms with E-state index in [1.165, 1.54) is 12.1 Å². The number of carbonyl (C=O) groups excluding carboxylic acids is 4. The predicted molar refractivity (Wildman–Crippen MR) is 180 cm³/mol. The highest BCUT2D eigenvalue weighted by Gasteiger charge is 2.28. The Morgan fingerprint density at radius 2 is 1.02 bits per heavy atom. The van der Waals surface area contributed by atoms with Crippen LogP contribution in [0.2, 0.25) is 0 Å². The third-order valence-electron chi connectivity index (χ3n) is 8.37. The second kappa shape index (κ2) is 20.9. The van der Waals surface area contributed by atoms with Crippen LogP contribution in [0.4, 0.5) is 0 Å². The number of unbranched alkanes of at least 4 members (excludes halogenated alkanes) is 6. The monoisotopic (exact) mass is 638 g/mol. The summed E-state index contributed by atoms with van der Waals surface area (Å²) in [5.74, 6) is -3.54. The molecule has 2 atom stereocenters. The van der Waals surface area contributed by atoms with Gasteiger partial charge in [-0.2, -0.15) is 0 Å². The van der Waals surface area contributed by atoms with E-state index in [-0.39, 0.29) is 29.0 Å². The first-order valence-corrected chi connectivity index (χ1v) is 17.0. The number of hydrogen-bond donors (Lipinski definition) is 6. The van der Waals surface area contributed by atoms with Crippen molar-refractivity contribution in [2.45, 2.75) is 118 Å². The van der Waals surface area contributed by atoms with Crippen LogP contribution < -0.4 is 21.7 Å². The van der Waals surface area contributed by atoms with Crippen LogP contribution in [0, 0.1) is 11.8 Å². The van der Waals surface area contributed by atoms with E-state index < -0.39 is 35.5 Å². The average Bonchev–Trinajstić information content (AvgIpc) is 3.04. The standard InChI is InChI=1S/C36H54N4O6/c1-5-9-12-17-26-20-15-22-29(41)31(26)35(45)39-37-33(43)25(8-4)24-28(19-14-11-7-3)34(44)38-40-36(46)32-27(18-13-10-6-2)21-16-23-30(32)42/h15-16,20-23,25,28,41-42H,5-14,17-19,24H2,1-4H3,(H,37,43)(H,38,44)(H,39,45)(H,40,46). The Balaban J connectivity index is 2.08. The van der Waals surface area contributed by atoms with E-state index in [9.17, 15) is 29.4 Å². The molecule has 0 radical (unpaired) electrons. The van der Waals surface area contributed by atoms with Crippen LogP contribution in [-0.4, -0.2) is 33.8 Å². The summed E-state index contributed by atoms with van der Waals surface area (Å²) in [7, 11) is 0. The number of benzene rings is 2. The first-order valence-electron chi connectivity index (χ1n) is 17.0. The fourth-order valence-corrected chi connectivity index (χ4v) is 5.61. The summed E-state index contributed by atoms with van der Waals surface area (Å²) in [6, 6.07) is 9.88. The van der Waals surface area contributed by atoms with Gasteiger partial charge in [0.15, 0.2) is 0 Å². The van der Waals surface area contributed by atoms with Crippen molar-refractivity contribution in [3.8, 4) is 11.5 Å². The highest BCUT2D eigenvalue weighted by atomic mass is 16.3. The van der Waals surface area contributed by atoms with Crippen molar-refractivity contribution in [1.29, 1.82) is 0 Å². The van der Waals surface area contributed by atoms with Gasteiger partial charge in [-0.05, 0) is 68.2 Å². The minimum atomic E-state index is -0.606. The van der Waals surface area contributed by atoms with Gasteiger partial charge < -0.3 is 10.2 Å². The molecule has 0 heterocycles. The average molecular weight is 639 g/mol. The van der Waals surface area contributed by atoms with Crippen LogP contribution >= 0.6 is 0 Å². The quantitative estimate of drug-likeness (QED) is 0.0773. The van der Waals surface area contributed by atoms with Crippen LogP contribution in [0.25, 0.3) is 0 Å². The number of phenols is 2. The fraction of sp³-hybridized carbons (Fsp3) is 0.556. The van der Waals surface area contributed by atoms with E-state index >= 15 is 0 Å². The topological polar surface area (TPSA) is 157 Å². The molecule has 0 saturated carbocycles. The van der Waals surface area contributed by atoms with Gasteiger partial charge in [0.2, 0.25) is 11.8 Å². The maximum absolute atomic E-state index is 13.3. The Kier molecular flexibility index (Phi) is 17.3. The Bertz CT molecular complexity index is 1280. The summed E-state index contributed by atoms with van der Waals surface area (Å²) in [6.45, 7) is 8.07. The summed E-state index contributed by atoms with van der Waals surface area (Å²) in [4.78, 5) is 52.6. The van der Waals surface area contributed by atoms with Gasteiger partial charge in [-0.3, -0.25) is 40.9 Å². The number of hydrogen-bond acceptors (Lipinski definition) is 6. The fourth-order valence-electron chi connectivity index (χ4n) is 5.61. The lowest BCUT2D eigenvalue weighted by atomic mass is 9.88. The molecule has 0 fully saturated rings. The molecule has 2 unspecified atom stereocenters. The summed E-state index contributed by atoms with van der Waals surface area (Å²) in [5.41, 5.74) is 11.6. The molecule has 2 aromatic rings. The van der Waals surface area contributed by atoms with Gasteiger partial charge in [0, 0.05) is 11.8 Å². The van der Waals surface area contributed by atoms with E-state index in [1.807, 2.05) is 6.92 Å². The lowest BCUT2D eigenvalue weighted by Crippen LogP contribution is -2.47. The molecular formula is C36H54N4O6. The van der Waals surface area contributed by atoms with Crippen molar-refractivity contribution in [3.63, 3.8) is 0 Å². The van der Waals surface area contributed by atoms with Gasteiger partial charge in [-0.25, -0.2) is 0 Å². The number of rotatable bonds is 19. The van der Waals surface area contributed by atoms with Gasteiger partial charge >= 0.3 is 0 Å². The van der Waals surface area contributed by atoms with Crippen LogP contribution in [-0.2, 0) is 22.4 Å². The maximum Gasteiger partial charge on any atom is 0.273 e. The molecule has 0 saturated heterocycles. The highest BCUT2D eigenvalue weighted by molar-refractivity contribution is 6.00. The first kappa shape index (κ1) is 38.1.